The van der Waals surface area contributed by atoms with E-state index in [9.17, 15) is 29.3 Å². The third kappa shape index (κ3) is 5.61. The van der Waals surface area contributed by atoms with Gasteiger partial charge in [0.05, 0.1) is 12.6 Å². The van der Waals surface area contributed by atoms with Crippen molar-refractivity contribution >= 4 is 23.5 Å². The molecule has 0 aliphatic rings. The zero-order valence-electron chi connectivity index (χ0n) is 16.7. The molecule has 0 saturated heterocycles. The van der Waals surface area contributed by atoms with Gasteiger partial charge in [0, 0.05) is 17.1 Å². The highest BCUT2D eigenvalue weighted by atomic mass is 35.5. The van der Waals surface area contributed by atoms with Gasteiger partial charge in [-0.15, -0.1) is 0 Å². The molecule has 2 aromatic carbocycles. The van der Waals surface area contributed by atoms with E-state index in [1.54, 1.807) is 24.3 Å². The maximum absolute atomic E-state index is 14.1. The summed E-state index contributed by atoms with van der Waals surface area (Å²) in [6.45, 7) is 0.603. The molecule has 3 rings (SSSR count). The summed E-state index contributed by atoms with van der Waals surface area (Å²) in [5, 5.41) is 33.4. The second-order valence-corrected chi connectivity index (χ2v) is 7.68. The predicted octanol–water partition coefficient (Wildman–Crippen LogP) is 2.82. The Balaban J connectivity index is 1.81. The minimum absolute atomic E-state index is 0.00635. The van der Waals surface area contributed by atoms with Crippen molar-refractivity contribution in [1.29, 1.82) is 0 Å². The van der Waals surface area contributed by atoms with Crippen molar-refractivity contribution in [2.24, 2.45) is 0 Å². The quantitative estimate of drug-likeness (QED) is 0.374. The summed E-state index contributed by atoms with van der Waals surface area (Å²) in [4.78, 5) is 23.7. The molecule has 0 fully saturated rings. The van der Waals surface area contributed by atoms with Crippen molar-refractivity contribution in [2.45, 2.75) is 19.1 Å². The lowest BCUT2D eigenvalue weighted by atomic mass is 10.0. The van der Waals surface area contributed by atoms with Crippen LogP contribution in [0.3, 0.4) is 0 Å². The molecule has 1 atom stereocenters. The molecule has 0 bridgehead atoms. The third-order valence-electron chi connectivity index (χ3n) is 4.51. The second kappa shape index (κ2) is 9.35. The van der Waals surface area contributed by atoms with Gasteiger partial charge in [-0.1, -0.05) is 35.9 Å². The number of nitrogens with zero attached hydrogens (tertiary/aromatic N) is 2. The number of nitrogens with one attached hydrogen (secondary N) is 1. The van der Waals surface area contributed by atoms with Gasteiger partial charge in [-0.3, -0.25) is 10.2 Å². The van der Waals surface area contributed by atoms with Crippen molar-refractivity contribution in [1.82, 2.24) is 15.6 Å². The number of aliphatic carboxylic acids is 1. The van der Waals surface area contributed by atoms with Crippen molar-refractivity contribution < 1.29 is 33.8 Å². The fourth-order valence-corrected chi connectivity index (χ4v) is 3.05. The summed E-state index contributed by atoms with van der Waals surface area (Å²) in [5.74, 6) is -3.54. The first-order valence-electron chi connectivity index (χ1n) is 9.27. The number of benzene rings is 2. The van der Waals surface area contributed by atoms with Crippen molar-refractivity contribution in [3.63, 3.8) is 0 Å². The molecule has 0 aliphatic heterocycles. The number of carboxylic acid groups (broad SMARTS) is 1. The first-order valence-corrected chi connectivity index (χ1v) is 9.65. The van der Waals surface area contributed by atoms with Crippen molar-refractivity contribution in [3.05, 3.63) is 70.7 Å². The lowest BCUT2D eigenvalue weighted by Crippen LogP contribution is -2.52. The molecule has 32 heavy (non-hydrogen) atoms. The third-order valence-corrected chi connectivity index (χ3v) is 4.74. The number of aromatic hydroxyl groups is 1. The van der Waals surface area contributed by atoms with Gasteiger partial charge in [0.1, 0.15) is 5.82 Å². The van der Waals surface area contributed by atoms with Crippen molar-refractivity contribution in [3.8, 4) is 17.0 Å². The van der Waals surface area contributed by atoms with E-state index in [4.69, 9.17) is 11.6 Å². The second-order valence-electron chi connectivity index (χ2n) is 7.25. The van der Waals surface area contributed by atoms with Crippen LogP contribution < -0.4 is 5.43 Å². The Morgan fingerprint density at radius 1 is 1.22 bits per heavy atom. The van der Waals surface area contributed by atoms with Gasteiger partial charge in [-0.25, -0.2) is 14.2 Å². The highest BCUT2D eigenvalue weighted by Crippen LogP contribution is 2.26. The molecule has 1 heterocycles. The van der Waals surface area contributed by atoms with Gasteiger partial charge in [0.25, 0.3) is 5.88 Å². The minimum Gasteiger partial charge on any atom is -0.491 e. The summed E-state index contributed by atoms with van der Waals surface area (Å²) >= 11 is 5.94. The number of hydrazine groups is 1. The van der Waals surface area contributed by atoms with Gasteiger partial charge in [-0.2, -0.15) is 0 Å². The largest absolute Gasteiger partial charge is 0.491 e. The molecule has 4 N–H and O–H groups in total. The standard InChI is InChI=1S/C21H19ClFN3O6/c1-21(31,20(29)30)11-26(24-19(28)17-9-18(27)25-32-17)10-12-2-4-13(5-3-12)15-8-14(22)6-7-16(15)23/h2-9,31H,10-11H2,1H3,(H,24,28)(H,25,27)(H,29,30)/t21-/m1/s1. The fraction of sp³-hybridized carbons (Fsp3) is 0.190. The van der Waals surface area contributed by atoms with Crippen LogP contribution in [0.5, 0.6) is 5.88 Å². The molecule has 168 valence electrons. The molecule has 0 saturated carbocycles. The van der Waals surface area contributed by atoms with E-state index >= 15 is 0 Å². The van der Waals surface area contributed by atoms with Crippen LogP contribution in [0.15, 0.2) is 53.1 Å². The summed E-state index contributed by atoms with van der Waals surface area (Å²) in [6, 6.07) is 11.8. The fourth-order valence-electron chi connectivity index (χ4n) is 2.87. The Labute approximate surface area is 186 Å². The Morgan fingerprint density at radius 2 is 1.91 bits per heavy atom. The summed E-state index contributed by atoms with van der Waals surface area (Å²) in [5.41, 5.74) is 1.74. The smallest absolute Gasteiger partial charge is 0.336 e. The monoisotopic (exact) mass is 463 g/mol. The van der Waals surface area contributed by atoms with Crippen LogP contribution in [0.25, 0.3) is 11.1 Å². The molecule has 0 radical (unpaired) electrons. The van der Waals surface area contributed by atoms with Crippen LogP contribution in [0.4, 0.5) is 4.39 Å². The molecule has 0 spiro atoms. The zero-order valence-corrected chi connectivity index (χ0v) is 17.5. The molecule has 11 heteroatoms. The number of rotatable bonds is 8. The van der Waals surface area contributed by atoms with E-state index in [2.05, 4.69) is 15.1 Å². The van der Waals surface area contributed by atoms with Crippen LogP contribution in [0, 0.1) is 5.82 Å². The van der Waals surface area contributed by atoms with E-state index in [1.165, 1.54) is 23.2 Å². The van der Waals surface area contributed by atoms with E-state index in [1.807, 2.05) is 0 Å². The number of carboxylic acids is 1. The zero-order chi connectivity index (χ0) is 23.5. The summed E-state index contributed by atoms with van der Waals surface area (Å²) in [6.07, 6.45) is 0. The Morgan fingerprint density at radius 3 is 2.50 bits per heavy atom. The van der Waals surface area contributed by atoms with Gasteiger partial charge >= 0.3 is 11.9 Å². The summed E-state index contributed by atoms with van der Waals surface area (Å²) in [7, 11) is 0. The van der Waals surface area contributed by atoms with Crippen molar-refractivity contribution in [2.75, 3.05) is 6.54 Å². The maximum atomic E-state index is 14.1. The molecule has 9 nitrogen and oxygen atoms in total. The lowest BCUT2D eigenvalue weighted by Gasteiger charge is -2.28. The average Bonchev–Trinajstić information content (AvgIpc) is 3.16. The van der Waals surface area contributed by atoms with Gasteiger partial charge < -0.3 is 19.8 Å². The van der Waals surface area contributed by atoms with Crippen LogP contribution in [0.2, 0.25) is 5.02 Å². The highest BCUT2D eigenvalue weighted by molar-refractivity contribution is 6.30. The lowest BCUT2D eigenvalue weighted by molar-refractivity contribution is -0.159. The SMILES string of the molecule is C[C@@](O)(CN(Cc1ccc(-c2cc(Cl)ccc2F)cc1)NC(=O)c1cc(O)no1)C(=O)O. The molecule has 3 aromatic rings. The normalized spacial score (nSPS) is 13.0. The number of carbonyl (C=O) groups is 2. The Kier molecular flexibility index (Phi) is 6.78. The number of aromatic nitrogens is 1. The number of hydrogen-bond acceptors (Lipinski definition) is 7. The van der Waals surface area contributed by atoms with Gasteiger partial charge in [-0.05, 0) is 41.4 Å². The molecule has 0 unspecified atom stereocenters. The van der Waals surface area contributed by atoms with E-state index in [0.717, 1.165) is 13.0 Å². The Bertz CT molecular complexity index is 1130. The number of carbonyl (C=O) groups excluding carboxylic acids is 1. The minimum atomic E-state index is -2.18. The van der Waals surface area contributed by atoms with E-state index in [-0.39, 0.29) is 12.3 Å². The molecule has 1 amide bonds. The molecule has 0 aliphatic carbocycles. The highest BCUT2D eigenvalue weighted by Gasteiger charge is 2.33. The molecule has 1 aromatic heterocycles. The molecular weight excluding hydrogens is 445 g/mol. The first-order chi connectivity index (χ1) is 15.0. The summed E-state index contributed by atoms with van der Waals surface area (Å²) < 4.78 is 18.8. The molecular formula is C21H19ClFN3O6. The topological polar surface area (TPSA) is 136 Å². The van der Waals surface area contributed by atoms with Gasteiger partial charge in [0.2, 0.25) is 5.76 Å². The average molecular weight is 464 g/mol. The van der Waals surface area contributed by atoms with E-state index in [0.29, 0.717) is 21.7 Å². The van der Waals surface area contributed by atoms with E-state index < -0.39 is 35.7 Å². The number of amides is 1. The van der Waals surface area contributed by atoms with Crippen LogP contribution >= 0.6 is 11.6 Å². The predicted molar refractivity (Wildman–Crippen MR) is 111 cm³/mol. The first kappa shape index (κ1) is 23.2. The van der Waals surface area contributed by atoms with Gasteiger partial charge in [0.15, 0.2) is 5.60 Å². The number of aliphatic hydroxyl groups is 1. The van der Waals surface area contributed by atoms with Crippen LogP contribution in [0.1, 0.15) is 23.0 Å². The van der Waals surface area contributed by atoms with Crippen LogP contribution in [-0.2, 0) is 11.3 Å². The maximum Gasteiger partial charge on any atom is 0.336 e. The number of hydrogen-bond donors (Lipinski definition) is 4. The Hall–Kier alpha value is -3.47. The van der Waals surface area contributed by atoms with Crippen LogP contribution in [-0.4, -0.2) is 49.5 Å². The number of halogens is 2.